The van der Waals surface area contributed by atoms with Crippen LogP contribution in [0.15, 0.2) is 0 Å². The van der Waals surface area contributed by atoms with E-state index in [0.29, 0.717) is 0 Å². The number of nitrogens with two attached hydrogens (primary N) is 1. The Morgan fingerprint density at radius 2 is 1.90 bits per heavy atom. The summed E-state index contributed by atoms with van der Waals surface area (Å²) in [6.07, 6.45) is 7.99. The van der Waals surface area contributed by atoms with Crippen molar-refractivity contribution in [2.75, 3.05) is 46.3 Å². The highest BCUT2D eigenvalue weighted by molar-refractivity contribution is 5.03. The molecular weight excluding hydrogens is 260 g/mol. The Bertz CT molecular complexity index is 340. The Balaban J connectivity index is 1.65. The molecule has 0 radical (unpaired) electrons. The second kappa shape index (κ2) is 6.53. The molecule has 3 heterocycles. The van der Waals surface area contributed by atoms with Crippen LogP contribution < -0.4 is 5.73 Å². The van der Waals surface area contributed by atoms with Crippen LogP contribution in [0.1, 0.15) is 45.4 Å². The number of likely N-dealkylation sites (tertiary alicyclic amines) is 1. The van der Waals surface area contributed by atoms with Crippen LogP contribution in [0, 0.1) is 0 Å². The third-order valence-electron chi connectivity index (χ3n) is 6.66. The predicted octanol–water partition coefficient (Wildman–Crippen LogP) is 1.36. The average molecular weight is 294 g/mol. The lowest BCUT2D eigenvalue weighted by Gasteiger charge is -2.52. The van der Waals surface area contributed by atoms with E-state index in [4.69, 9.17) is 5.73 Å². The van der Waals surface area contributed by atoms with Gasteiger partial charge in [0.05, 0.1) is 0 Å². The standard InChI is InChI=1S/C17H34N4/c1-3-20-10-6-15(7-11-20)19(2)17(14-18)8-12-21-9-4-5-16(21)13-17/h15-16H,3-14,18H2,1-2H3. The first-order chi connectivity index (χ1) is 10.2. The van der Waals surface area contributed by atoms with E-state index in [0.717, 1.165) is 18.6 Å². The molecule has 0 aliphatic carbocycles. The van der Waals surface area contributed by atoms with Crippen molar-refractivity contribution in [1.29, 1.82) is 0 Å². The van der Waals surface area contributed by atoms with E-state index in [-0.39, 0.29) is 5.54 Å². The zero-order valence-electron chi connectivity index (χ0n) is 14.1. The summed E-state index contributed by atoms with van der Waals surface area (Å²) in [6, 6.07) is 1.55. The summed E-state index contributed by atoms with van der Waals surface area (Å²) in [5.74, 6) is 0. The molecule has 21 heavy (non-hydrogen) atoms. The number of piperidine rings is 2. The quantitative estimate of drug-likeness (QED) is 0.849. The van der Waals surface area contributed by atoms with Crippen molar-refractivity contribution in [1.82, 2.24) is 14.7 Å². The molecule has 4 nitrogen and oxygen atoms in total. The van der Waals surface area contributed by atoms with Gasteiger partial charge in [0, 0.05) is 30.7 Å². The van der Waals surface area contributed by atoms with E-state index >= 15 is 0 Å². The molecule has 3 saturated heterocycles. The highest BCUT2D eigenvalue weighted by atomic mass is 15.3. The maximum atomic E-state index is 6.31. The molecule has 122 valence electrons. The van der Waals surface area contributed by atoms with Gasteiger partial charge in [-0.2, -0.15) is 0 Å². The Morgan fingerprint density at radius 3 is 2.57 bits per heavy atom. The van der Waals surface area contributed by atoms with Gasteiger partial charge >= 0.3 is 0 Å². The van der Waals surface area contributed by atoms with Crippen LogP contribution in [0.3, 0.4) is 0 Å². The molecule has 3 aliphatic rings. The molecule has 0 amide bonds. The Labute approximate surface area is 130 Å². The summed E-state index contributed by atoms with van der Waals surface area (Å²) in [5, 5.41) is 0. The summed E-state index contributed by atoms with van der Waals surface area (Å²) in [5.41, 5.74) is 6.58. The van der Waals surface area contributed by atoms with Gasteiger partial charge in [0.25, 0.3) is 0 Å². The molecule has 0 aromatic heterocycles. The van der Waals surface area contributed by atoms with Gasteiger partial charge < -0.3 is 15.5 Å². The van der Waals surface area contributed by atoms with Crippen LogP contribution in [-0.4, -0.2) is 78.6 Å². The van der Waals surface area contributed by atoms with Crippen molar-refractivity contribution in [2.24, 2.45) is 5.73 Å². The van der Waals surface area contributed by atoms with Crippen LogP contribution >= 0.6 is 0 Å². The molecule has 2 atom stereocenters. The van der Waals surface area contributed by atoms with Crippen molar-refractivity contribution >= 4 is 0 Å². The number of fused-ring (bicyclic) bond motifs is 1. The summed E-state index contributed by atoms with van der Waals surface area (Å²) < 4.78 is 0. The van der Waals surface area contributed by atoms with Gasteiger partial charge in [0.1, 0.15) is 0 Å². The average Bonchev–Trinajstić information content (AvgIpc) is 3.01. The van der Waals surface area contributed by atoms with Gasteiger partial charge in [-0.05, 0) is 71.8 Å². The Kier molecular flexibility index (Phi) is 4.89. The fourth-order valence-corrected chi connectivity index (χ4v) is 4.97. The largest absolute Gasteiger partial charge is 0.329 e. The monoisotopic (exact) mass is 294 g/mol. The highest BCUT2D eigenvalue weighted by Crippen LogP contribution is 2.37. The van der Waals surface area contributed by atoms with Gasteiger partial charge in [-0.3, -0.25) is 4.90 Å². The van der Waals surface area contributed by atoms with Gasteiger partial charge in [-0.1, -0.05) is 6.92 Å². The van der Waals surface area contributed by atoms with Crippen molar-refractivity contribution in [3.8, 4) is 0 Å². The zero-order chi connectivity index (χ0) is 14.9. The third-order valence-corrected chi connectivity index (χ3v) is 6.66. The summed E-state index contributed by atoms with van der Waals surface area (Å²) >= 11 is 0. The molecule has 3 aliphatic heterocycles. The fourth-order valence-electron chi connectivity index (χ4n) is 4.97. The van der Waals surface area contributed by atoms with Crippen LogP contribution in [-0.2, 0) is 0 Å². The van der Waals surface area contributed by atoms with E-state index in [1.165, 1.54) is 71.2 Å². The second-order valence-corrected chi connectivity index (χ2v) is 7.49. The molecule has 0 aromatic carbocycles. The van der Waals surface area contributed by atoms with Crippen LogP contribution in [0.25, 0.3) is 0 Å². The van der Waals surface area contributed by atoms with E-state index < -0.39 is 0 Å². The minimum absolute atomic E-state index is 0.268. The topological polar surface area (TPSA) is 35.7 Å². The third kappa shape index (κ3) is 3.00. The van der Waals surface area contributed by atoms with Gasteiger partial charge in [0.2, 0.25) is 0 Å². The van der Waals surface area contributed by atoms with Gasteiger partial charge in [-0.15, -0.1) is 0 Å². The normalized spacial score (nSPS) is 36.3. The van der Waals surface area contributed by atoms with Crippen molar-refractivity contribution < 1.29 is 0 Å². The summed E-state index contributed by atoms with van der Waals surface area (Å²) in [6.45, 7) is 9.44. The van der Waals surface area contributed by atoms with Gasteiger partial charge in [-0.25, -0.2) is 0 Å². The molecule has 2 unspecified atom stereocenters. The molecule has 0 aromatic rings. The predicted molar refractivity (Wildman–Crippen MR) is 88.5 cm³/mol. The van der Waals surface area contributed by atoms with Crippen molar-refractivity contribution in [2.45, 2.75) is 63.1 Å². The second-order valence-electron chi connectivity index (χ2n) is 7.49. The smallest absolute Gasteiger partial charge is 0.0358 e. The lowest BCUT2D eigenvalue weighted by molar-refractivity contribution is -0.0153. The Morgan fingerprint density at radius 1 is 1.14 bits per heavy atom. The maximum Gasteiger partial charge on any atom is 0.0358 e. The lowest BCUT2D eigenvalue weighted by atomic mass is 9.80. The van der Waals surface area contributed by atoms with Crippen LogP contribution in [0.4, 0.5) is 0 Å². The van der Waals surface area contributed by atoms with Gasteiger partial charge in [0.15, 0.2) is 0 Å². The van der Waals surface area contributed by atoms with E-state index in [1.54, 1.807) is 0 Å². The molecule has 0 spiro atoms. The van der Waals surface area contributed by atoms with Crippen molar-refractivity contribution in [3.63, 3.8) is 0 Å². The van der Waals surface area contributed by atoms with Crippen LogP contribution in [0.2, 0.25) is 0 Å². The van der Waals surface area contributed by atoms with E-state index in [9.17, 15) is 0 Å². The SMILES string of the molecule is CCN1CCC(N(C)C2(CN)CCN3CCCC3C2)CC1. The van der Waals surface area contributed by atoms with Crippen LogP contribution in [0.5, 0.6) is 0 Å². The lowest BCUT2D eigenvalue weighted by Crippen LogP contribution is -2.63. The minimum Gasteiger partial charge on any atom is -0.329 e. The first kappa shape index (κ1) is 15.7. The van der Waals surface area contributed by atoms with E-state index in [2.05, 4.69) is 28.7 Å². The number of nitrogens with zero attached hydrogens (tertiary/aromatic N) is 3. The van der Waals surface area contributed by atoms with Crippen molar-refractivity contribution in [3.05, 3.63) is 0 Å². The molecule has 0 saturated carbocycles. The molecule has 3 rings (SSSR count). The first-order valence-corrected chi connectivity index (χ1v) is 9.08. The fraction of sp³-hybridized carbons (Fsp3) is 1.00. The molecule has 2 N–H and O–H groups in total. The summed E-state index contributed by atoms with van der Waals surface area (Å²) in [4.78, 5) is 8.00. The number of likely N-dealkylation sites (N-methyl/N-ethyl adjacent to an activating group) is 1. The molecule has 0 bridgehead atoms. The number of rotatable bonds is 4. The maximum absolute atomic E-state index is 6.31. The van der Waals surface area contributed by atoms with E-state index in [1.807, 2.05) is 0 Å². The molecular formula is C17H34N4. The Hall–Kier alpha value is -0.160. The first-order valence-electron chi connectivity index (χ1n) is 9.08. The minimum atomic E-state index is 0.268. The number of hydrogen-bond acceptors (Lipinski definition) is 4. The number of hydrogen-bond donors (Lipinski definition) is 1. The molecule has 4 heteroatoms. The highest BCUT2D eigenvalue weighted by Gasteiger charge is 2.45. The molecule has 3 fully saturated rings. The zero-order valence-corrected chi connectivity index (χ0v) is 14.1. The summed E-state index contributed by atoms with van der Waals surface area (Å²) in [7, 11) is 2.36.